The first-order valence-electron chi connectivity index (χ1n) is 4.77. The molecule has 1 unspecified atom stereocenters. The van der Waals surface area contributed by atoms with Crippen molar-refractivity contribution < 1.29 is 18.1 Å². The standard InChI is InChI=1S/C9H17FO3S/c1-2-3-6-13-9(11)8-14(12)7-4-5-10/h2-8H2,1H3. The molecule has 0 saturated carbocycles. The van der Waals surface area contributed by atoms with Crippen LogP contribution in [-0.4, -0.2) is 35.0 Å². The Kier molecular flexibility index (Phi) is 8.83. The quantitative estimate of drug-likeness (QED) is 0.463. The molecule has 0 aliphatic rings. The van der Waals surface area contributed by atoms with E-state index in [-0.39, 0.29) is 17.9 Å². The lowest BCUT2D eigenvalue weighted by Crippen LogP contribution is -2.16. The third-order valence-electron chi connectivity index (χ3n) is 1.55. The lowest BCUT2D eigenvalue weighted by molar-refractivity contribution is -0.140. The van der Waals surface area contributed by atoms with E-state index in [2.05, 4.69) is 0 Å². The van der Waals surface area contributed by atoms with Gasteiger partial charge >= 0.3 is 5.97 Å². The summed E-state index contributed by atoms with van der Waals surface area (Å²) >= 11 is 0. The smallest absolute Gasteiger partial charge is 0.318 e. The van der Waals surface area contributed by atoms with Crippen LogP contribution in [0.5, 0.6) is 0 Å². The summed E-state index contributed by atoms with van der Waals surface area (Å²) in [6.07, 6.45) is 2.02. The third-order valence-corrected chi connectivity index (χ3v) is 2.85. The number of unbranched alkanes of at least 4 members (excludes halogenated alkanes) is 1. The van der Waals surface area contributed by atoms with Crippen molar-refractivity contribution in [2.75, 3.05) is 24.8 Å². The Labute approximate surface area is 86.5 Å². The summed E-state index contributed by atoms with van der Waals surface area (Å²) in [6, 6.07) is 0. The highest BCUT2D eigenvalue weighted by Crippen LogP contribution is 1.93. The first kappa shape index (κ1) is 13.5. The molecule has 0 spiro atoms. The maximum atomic E-state index is 11.7. The van der Waals surface area contributed by atoms with Crippen molar-refractivity contribution >= 4 is 16.8 Å². The van der Waals surface area contributed by atoms with E-state index in [0.29, 0.717) is 6.61 Å². The Morgan fingerprint density at radius 3 is 2.71 bits per heavy atom. The number of rotatable bonds is 8. The second-order valence-corrected chi connectivity index (χ2v) is 4.48. The number of alkyl halides is 1. The van der Waals surface area contributed by atoms with Gasteiger partial charge in [-0.25, -0.2) is 0 Å². The van der Waals surface area contributed by atoms with Crippen LogP contribution in [0.25, 0.3) is 0 Å². The summed E-state index contributed by atoms with van der Waals surface area (Å²) in [6.45, 7) is 1.89. The molecule has 0 fully saturated rings. The highest BCUT2D eigenvalue weighted by atomic mass is 32.2. The number of carbonyl (C=O) groups excluding carboxylic acids is 1. The zero-order valence-corrected chi connectivity index (χ0v) is 9.28. The summed E-state index contributed by atoms with van der Waals surface area (Å²) in [4.78, 5) is 11.0. The number of hydrogen-bond acceptors (Lipinski definition) is 3. The average molecular weight is 224 g/mol. The van der Waals surface area contributed by atoms with Gasteiger partial charge in [0.2, 0.25) is 0 Å². The fourth-order valence-electron chi connectivity index (χ4n) is 0.791. The lowest BCUT2D eigenvalue weighted by Gasteiger charge is -2.03. The third kappa shape index (κ3) is 8.16. The number of hydrogen-bond donors (Lipinski definition) is 0. The Morgan fingerprint density at radius 2 is 2.14 bits per heavy atom. The van der Waals surface area contributed by atoms with Crippen molar-refractivity contribution in [2.24, 2.45) is 0 Å². The topological polar surface area (TPSA) is 43.4 Å². The van der Waals surface area contributed by atoms with Gasteiger partial charge in [-0.15, -0.1) is 0 Å². The van der Waals surface area contributed by atoms with E-state index in [1.807, 2.05) is 6.92 Å². The van der Waals surface area contributed by atoms with Gasteiger partial charge in [0.1, 0.15) is 5.75 Å². The number of halogens is 1. The molecule has 0 aliphatic carbocycles. The Balaban J connectivity index is 3.45. The van der Waals surface area contributed by atoms with E-state index in [4.69, 9.17) is 4.74 Å². The maximum Gasteiger partial charge on any atom is 0.318 e. The van der Waals surface area contributed by atoms with Crippen LogP contribution in [-0.2, 0) is 20.3 Å². The van der Waals surface area contributed by atoms with Crippen LogP contribution in [0, 0.1) is 0 Å². The molecule has 0 amide bonds. The van der Waals surface area contributed by atoms with Crippen LogP contribution in [0.3, 0.4) is 0 Å². The fraction of sp³-hybridized carbons (Fsp3) is 0.889. The molecule has 0 radical (unpaired) electrons. The Hall–Kier alpha value is -0.450. The predicted molar refractivity (Wildman–Crippen MR) is 54.3 cm³/mol. The van der Waals surface area contributed by atoms with E-state index < -0.39 is 23.4 Å². The molecule has 0 aromatic heterocycles. The zero-order chi connectivity index (χ0) is 10.8. The molecular formula is C9H17FO3S. The van der Waals surface area contributed by atoms with Crippen LogP contribution in [0.1, 0.15) is 26.2 Å². The largest absolute Gasteiger partial charge is 0.465 e. The summed E-state index contributed by atoms with van der Waals surface area (Å²) in [5, 5.41) is 0. The summed E-state index contributed by atoms with van der Waals surface area (Å²) in [5.74, 6) is -0.320. The van der Waals surface area contributed by atoms with Crippen LogP contribution in [0.4, 0.5) is 4.39 Å². The van der Waals surface area contributed by atoms with Crippen molar-refractivity contribution in [2.45, 2.75) is 26.2 Å². The van der Waals surface area contributed by atoms with Gasteiger partial charge in [0.15, 0.2) is 0 Å². The first-order chi connectivity index (χ1) is 6.70. The first-order valence-corrected chi connectivity index (χ1v) is 6.26. The minimum absolute atomic E-state index is 0.107. The van der Waals surface area contributed by atoms with E-state index >= 15 is 0 Å². The lowest BCUT2D eigenvalue weighted by atomic mass is 10.4. The van der Waals surface area contributed by atoms with Gasteiger partial charge in [0, 0.05) is 16.6 Å². The van der Waals surface area contributed by atoms with Crippen LogP contribution in [0.15, 0.2) is 0 Å². The molecule has 3 nitrogen and oxygen atoms in total. The second kappa shape index (κ2) is 9.12. The normalized spacial score (nSPS) is 12.4. The van der Waals surface area contributed by atoms with Crippen LogP contribution < -0.4 is 0 Å². The molecule has 0 aliphatic heterocycles. The molecular weight excluding hydrogens is 207 g/mol. The van der Waals surface area contributed by atoms with Crippen molar-refractivity contribution in [3.05, 3.63) is 0 Å². The van der Waals surface area contributed by atoms with Gasteiger partial charge < -0.3 is 4.74 Å². The van der Waals surface area contributed by atoms with Gasteiger partial charge in [-0.1, -0.05) is 13.3 Å². The molecule has 0 saturated heterocycles. The van der Waals surface area contributed by atoms with Gasteiger partial charge in [-0.05, 0) is 12.8 Å². The summed E-state index contributed by atoms with van der Waals surface area (Å²) in [5.41, 5.74) is 0. The van der Waals surface area contributed by atoms with Gasteiger partial charge in [0.25, 0.3) is 0 Å². The van der Waals surface area contributed by atoms with Crippen LogP contribution in [0.2, 0.25) is 0 Å². The van der Waals surface area contributed by atoms with Gasteiger partial charge in [0.05, 0.1) is 13.3 Å². The zero-order valence-electron chi connectivity index (χ0n) is 8.46. The molecule has 0 rings (SSSR count). The molecule has 0 aromatic carbocycles. The highest BCUT2D eigenvalue weighted by Gasteiger charge is 2.08. The van der Waals surface area contributed by atoms with E-state index in [0.717, 1.165) is 12.8 Å². The SMILES string of the molecule is CCCCOC(=O)CS(=O)CCCF. The minimum atomic E-state index is -1.27. The molecule has 1 atom stereocenters. The van der Waals surface area contributed by atoms with Crippen molar-refractivity contribution in [3.63, 3.8) is 0 Å². The van der Waals surface area contributed by atoms with E-state index in [9.17, 15) is 13.4 Å². The van der Waals surface area contributed by atoms with Gasteiger partial charge in [-0.2, -0.15) is 0 Å². The molecule has 0 N–H and O–H groups in total. The van der Waals surface area contributed by atoms with Crippen molar-refractivity contribution in [1.82, 2.24) is 0 Å². The van der Waals surface area contributed by atoms with Gasteiger partial charge in [-0.3, -0.25) is 13.4 Å². The Bertz CT molecular complexity index is 185. The minimum Gasteiger partial charge on any atom is -0.465 e. The average Bonchev–Trinajstić information content (AvgIpc) is 2.15. The van der Waals surface area contributed by atoms with Crippen molar-refractivity contribution in [3.8, 4) is 0 Å². The fourth-order valence-corrected chi connectivity index (χ4v) is 1.71. The van der Waals surface area contributed by atoms with E-state index in [1.165, 1.54) is 0 Å². The number of ether oxygens (including phenoxy) is 1. The molecule has 0 heterocycles. The predicted octanol–water partition coefficient (Wildman–Crippen LogP) is 1.44. The summed E-state index contributed by atoms with van der Waals surface area (Å²) in [7, 11) is -1.27. The monoisotopic (exact) mass is 224 g/mol. The molecule has 84 valence electrons. The van der Waals surface area contributed by atoms with Crippen molar-refractivity contribution in [1.29, 1.82) is 0 Å². The molecule has 0 aromatic rings. The highest BCUT2D eigenvalue weighted by molar-refractivity contribution is 7.85. The Morgan fingerprint density at radius 1 is 1.43 bits per heavy atom. The molecule has 0 bridgehead atoms. The summed E-state index contributed by atoms with van der Waals surface area (Å²) < 4.78 is 27.6. The number of esters is 1. The second-order valence-electron chi connectivity index (χ2n) is 2.90. The number of carbonyl (C=O) groups is 1. The molecule has 5 heteroatoms. The van der Waals surface area contributed by atoms with Crippen LogP contribution >= 0.6 is 0 Å². The maximum absolute atomic E-state index is 11.7. The molecule has 14 heavy (non-hydrogen) atoms. The van der Waals surface area contributed by atoms with E-state index in [1.54, 1.807) is 0 Å².